The number of ether oxygens (including phenoxy) is 2. The number of nitrogens with one attached hydrogen (secondary N) is 2. The number of imidazole rings is 2. The lowest BCUT2D eigenvalue weighted by molar-refractivity contribution is 0.0491. The molecule has 0 spiro atoms. The first-order valence-corrected chi connectivity index (χ1v) is 14.3. The summed E-state index contributed by atoms with van der Waals surface area (Å²) in [5.74, 6) is 0.462. The van der Waals surface area contributed by atoms with Gasteiger partial charge in [-0.1, -0.05) is 81.3 Å². The molecule has 0 aliphatic carbocycles. The molecule has 3 aromatic carbocycles. The third kappa shape index (κ3) is 6.49. The lowest BCUT2D eigenvalue weighted by Crippen LogP contribution is -2.08. The minimum Gasteiger partial charge on any atom is -0.462 e. The van der Waals surface area contributed by atoms with Crippen LogP contribution in [0.3, 0.4) is 0 Å². The lowest BCUT2D eigenvalue weighted by atomic mass is 10.1. The van der Waals surface area contributed by atoms with E-state index in [2.05, 4.69) is 33.8 Å². The maximum absolute atomic E-state index is 12.7. The number of nitrogens with zero attached hydrogens (tertiary/aromatic N) is 2. The van der Waals surface area contributed by atoms with Crippen molar-refractivity contribution in [2.75, 3.05) is 13.2 Å². The summed E-state index contributed by atoms with van der Waals surface area (Å²) < 4.78 is 10.9. The average molecular weight is 563 g/mol. The quantitative estimate of drug-likeness (QED) is 0.119. The summed E-state index contributed by atoms with van der Waals surface area (Å²) in [5, 5.41) is 0. The van der Waals surface area contributed by atoms with E-state index in [-0.39, 0.29) is 11.9 Å². The van der Waals surface area contributed by atoms with E-state index in [0.29, 0.717) is 47.1 Å². The van der Waals surface area contributed by atoms with Crippen molar-refractivity contribution < 1.29 is 19.1 Å². The highest BCUT2D eigenvalue weighted by molar-refractivity contribution is 5.97. The zero-order valence-electron chi connectivity index (χ0n) is 23.9. The van der Waals surface area contributed by atoms with Crippen molar-refractivity contribution in [2.45, 2.75) is 39.5 Å². The van der Waals surface area contributed by atoms with Gasteiger partial charge in [-0.2, -0.15) is 0 Å². The predicted molar refractivity (Wildman–Crippen MR) is 163 cm³/mol. The van der Waals surface area contributed by atoms with Gasteiger partial charge in [-0.15, -0.1) is 0 Å². The number of benzene rings is 3. The number of esters is 2. The van der Waals surface area contributed by atoms with Gasteiger partial charge < -0.3 is 19.4 Å². The molecule has 0 saturated heterocycles. The normalized spacial score (nSPS) is 10.9. The smallest absolute Gasteiger partial charge is 0.338 e. The molecule has 0 fully saturated rings. The number of rotatable bonds is 12. The van der Waals surface area contributed by atoms with Crippen LogP contribution in [0.5, 0.6) is 0 Å². The van der Waals surface area contributed by atoms with Crippen molar-refractivity contribution >= 4 is 11.9 Å². The van der Waals surface area contributed by atoms with E-state index in [1.165, 1.54) is 0 Å². The summed E-state index contributed by atoms with van der Waals surface area (Å²) >= 11 is 0. The van der Waals surface area contributed by atoms with E-state index < -0.39 is 0 Å². The average Bonchev–Trinajstić information content (AvgIpc) is 3.72. The van der Waals surface area contributed by atoms with Crippen LogP contribution in [0.1, 0.15) is 60.2 Å². The zero-order chi connectivity index (χ0) is 29.3. The molecule has 2 N–H and O–H groups in total. The maximum atomic E-state index is 12.7. The molecule has 0 atom stereocenters. The van der Waals surface area contributed by atoms with Crippen molar-refractivity contribution in [1.29, 1.82) is 0 Å². The highest BCUT2D eigenvalue weighted by Crippen LogP contribution is 2.30. The van der Waals surface area contributed by atoms with Crippen molar-refractivity contribution in [3.63, 3.8) is 0 Å². The van der Waals surface area contributed by atoms with Crippen LogP contribution in [0, 0.1) is 0 Å². The summed E-state index contributed by atoms with van der Waals surface area (Å²) in [6.45, 7) is 4.90. The molecule has 0 radical (unpaired) electrons. The molecule has 5 rings (SSSR count). The lowest BCUT2D eigenvalue weighted by Gasteiger charge is -2.08. The predicted octanol–water partition coefficient (Wildman–Crippen LogP) is 7.71. The van der Waals surface area contributed by atoms with E-state index >= 15 is 0 Å². The van der Waals surface area contributed by atoms with Gasteiger partial charge in [0.1, 0.15) is 11.6 Å². The van der Waals surface area contributed by atoms with Crippen LogP contribution in [0.25, 0.3) is 45.3 Å². The second-order valence-electron chi connectivity index (χ2n) is 9.94. The number of aromatic nitrogens is 4. The highest BCUT2D eigenvalue weighted by Gasteiger charge is 2.18. The Kier molecular flexibility index (Phi) is 9.23. The Labute approximate surface area is 245 Å². The van der Waals surface area contributed by atoms with Crippen molar-refractivity contribution in [1.82, 2.24) is 19.9 Å². The fraction of sp³-hybridized carbons (Fsp3) is 0.235. The second-order valence-corrected chi connectivity index (χ2v) is 9.94. The fourth-order valence-electron chi connectivity index (χ4n) is 4.57. The molecule has 214 valence electrons. The minimum atomic E-state index is -0.357. The molecule has 5 aromatic rings. The van der Waals surface area contributed by atoms with Crippen LogP contribution >= 0.6 is 0 Å². The number of carbonyl (C=O) groups excluding carboxylic acids is 2. The fourth-order valence-corrected chi connectivity index (χ4v) is 4.57. The number of hydrogen-bond donors (Lipinski definition) is 2. The third-order valence-electron chi connectivity index (χ3n) is 6.90. The number of carbonyl (C=O) groups is 2. The first-order chi connectivity index (χ1) is 20.6. The molecule has 2 heterocycles. The monoisotopic (exact) mass is 562 g/mol. The Morgan fingerprint density at radius 3 is 1.55 bits per heavy atom. The molecule has 42 heavy (non-hydrogen) atoms. The zero-order valence-corrected chi connectivity index (χ0v) is 23.9. The van der Waals surface area contributed by atoms with E-state index in [1.54, 1.807) is 24.5 Å². The highest BCUT2D eigenvalue weighted by atomic mass is 16.5. The molecule has 2 aromatic heterocycles. The Bertz CT molecular complexity index is 1550. The molecule has 0 aliphatic heterocycles. The number of unbranched alkanes of at least 4 members (excludes halogenated alkanes) is 2. The number of aromatic amines is 2. The van der Waals surface area contributed by atoms with E-state index in [9.17, 15) is 9.59 Å². The van der Waals surface area contributed by atoms with Crippen LogP contribution in [0.2, 0.25) is 0 Å². The van der Waals surface area contributed by atoms with Crippen LogP contribution in [0.4, 0.5) is 0 Å². The van der Waals surface area contributed by atoms with Crippen LogP contribution in [0.15, 0.2) is 85.2 Å². The summed E-state index contributed by atoms with van der Waals surface area (Å²) in [7, 11) is 0. The van der Waals surface area contributed by atoms with Gasteiger partial charge in [-0.05, 0) is 31.0 Å². The molecular formula is C34H34N4O4. The molecule has 0 unspecified atom stereocenters. The van der Waals surface area contributed by atoms with Gasteiger partial charge in [0, 0.05) is 22.3 Å². The summed E-state index contributed by atoms with van der Waals surface area (Å²) in [4.78, 5) is 41.3. The topological polar surface area (TPSA) is 110 Å². The largest absolute Gasteiger partial charge is 0.462 e. The third-order valence-corrected chi connectivity index (χ3v) is 6.90. The first kappa shape index (κ1) is 28.5. The van der Waals surface area contributed by atoms with Crippen molar-refractivity contribution in [3.05, 3.63) is 96.3 Å². The minimum absolute atomic E-state index is 0.357. The van der Waals surface area contributed by atoms with E-state index in [1.807, 2.05) is 60.7 Å². The van der Waals surface area contributed by atoms with Gasteiger partial charge in [-0.25, -0.2) is 19.6 Å². The van der Waals surface area contributed by atoms with Gasteiger partial charge in [0.15, 0.2) is 0 Å². The van der Waals surface area contributed by atoms with Gasteiger partial charge in [-0.3, -0.25) is 0 Å². The van der Waals surface area contributed by atoms with Gasteiger partial charge in [0.05, 0.1) is 48.1 Å². The molecule has 0 aliphatic rings. The molecule has 8 nitrogen and oxygen atoms in total. The van der Waals surface area contributed by atoms with Gasteiger partial charge in [0.25, 0.3) is 0 Å². The standard InChI is InChI=1S/C34H34N4O4/c1-3-5-18-41-33(39)27-16-9-7-14-25(27)31-35-21-29(37-31)23-12-11-13-24(20-23)30-22-36-32(38-30)26-15-8-10-17-28(26)34(40)42-19-6-4-2/h7-17,20-22H,3-6,18-19H2,1-2H3,(H,35,37)(H,36,38). The molecule has 0 saturated carbocycles. The SMILES string of the molecule is CCCCOC(=O)c1ccccc1-c1ncc(-c2cccc(-c3cnc(-c4ccccc4C(=O)OCCCC)[nH]3)c2)[nH]1. The Morgan fingerprint density at radius 2 is 1.10 bits per heavy atom. The number of H-pyrrole nitrogens is 2. The van der Waals surface area contributed by atoms with Crippen molar-refractivity contribution in [2.24, 2.45) is 0 Å². The maximum Gasteiger partial charge on any atom is 0.338 e. The second kappa shape index (κ2) is 13.6. The van der Waals surface area contributed by atoms with Crippen molar-refractivity contribution in [3.8, 4) is 45.3 Å². The molecule has 0 bridgehead atoms. The van der Waals surface area contributed by atoms with Gasteiger partial charge >= 0.3 is 11.9 Å². The van der Waals surface area contributed by atoms with Gasteiger partial charge in [0.2, 0.25) is 0 Å². The number of hydrogen-bond acceptors (Lipinski definition) is 6. The Morgan fingerprint density at radius 1 is 0.643 bits per heavy atom. The van der Waals surface area contributed by atoms with Crippen LogP contribution in [-0.4, -0.2) is 45.1 Å². The summed E-state index contributed by atoms with van der Waals surface area (Å²) in [6, 6.07) is 22.6. The van der Waals surface area contributed by atoms with E-state index in [4.69, 9.17) is 9.47 Å². The first-order valence-electron chi connectivity index (χ1n) is 14.3. The summed E-state index contributed by atoms with van der Waals surface area (Å²) in [5.41, 5.74) is 5.78. The molecular weight excluding hydrogens is 528 g/mol. The Balaban J connectivity index is 1.38. The van der Waals surface area contributed by atoms with Crippen LogP contribution < -0.4 is 0 Å². The van der Waals surface area contributed by atoms with E-state index in [0.717, 1.165) is 48.2 Å². The molecule has 0 amide bonds. The van der Waals surface area contributed by atoms with Crippen LogP contribution in [-0.2, 0) is 9.47 Å². The summed E-state index contributed by atoms with van der Waals surface area (Å²) in [6.07, 6.45) is 7.07. The molecule has 8 heteroatoms. The Hall–Kier alpha value is -4.98.